The average molecular weight is 215 g/mol. The molecule has 5 nitrogen and oxygen atoms in total. The van der Waals surface area contributed by atoms with E-state index in [1.165, 1.54) is 0 Å². The molecule has 1 heterocycles. The number of carbonyl (C=O) groups excluding carboxylic acids is 1. The molecule has 1 fully saturated rings. The number of likely N-dealkylation sites (N-methyl/N-ethyl adjacent to an activating group) is 1. The van der Waals surface area contributed by atoms with Crippen LogP contribution >= 0.6 is 0 Å². The number of hydrogen-bond donors (Lipinski definition) is 2. The molecule has 1 saturated heterocycles. The lowest BCUT2D eigenvalue weighted by molar-refractivity contribution is -0.110. The van der Waals surface area contributed by atoms with Gasteiger partial charge in [0.1, 0.15) is 0 Å². The van der Waals surface area contributed by atoms with E-state index in [-0.39, 0.29) is 6.10 Å². The summed E-state index contributed by atoms with van der Waals surface area (Å²) in [7, 11) is 0. The smallest absolute Gasteiger partial charge is 0.207 e. The molecule has 1 unspecified atom stereocenters. The van der Waals surface area contributed by atoms with E-state index in [1.807, 2.05) is 0 Å². The highest BCUT2D eigenvalue weighted by atomic mass is 16.5. The molecule has 0 radical (unpaired) electrons. The van der Waals surface area contributed by atoms with Crippen LogP contribution in [0, 0.1) is 0 Å². The number of nitrogens with one attached hydrogen (secondary N) is 2. The largest absolute Gasteiger partial charge is 0.374 e. The normalized spacial score (nSPS) is 22.6. The van der Waals surface area contributed by atoms with Gasteiger partial charge in [0.05, 0.1) is 12.7 Å². The summed E-state index contributed by atoms with van der Waals surface area (Å²) in [6.45, 7) is 8.46. The minimum absolute atomic E-state index is 0.144. The second-order valence-electron chi connectivity index (χ2n) is 3.67. The molecule has 88 valence electrons. The van der Waals surface area contributed by atoms with Gasteiger partial charge in [-0.15, -0.1) is 0 Å². The molecule has 5 heteroatoms. The Balaban J connectivity index is 2.14. The van der Waals surface area contributed by atoms with Gasteiger partial charge in [-0.3, -0.25) is 9.69 Å². The van der Waals surface area contributed by atoms with Crippen molar-refractivity contribution < 1.29 is 9.53 Å². The lowest BCUT2D eigenvalue weighted by Crippen LogP contribution is -2.48. The molecule has 0 bridgehead atoms. The van der Waals surface area contributed by atoms with Crippen molar-refractivity contribution in [3.05, 3.63) is 0 Å². The monoisotopic (exact) mass is 215 g/mol. The minimum Gasteiger partial charge on any atom is -0.374 e. The maximum Gasteiger partial charge on any atom is 0.207 e. The van der Waals surface area contributed by atoms with E-state index in [0.717, 1.165) is 45.7 Å². The third-order valence-corrected chi connectivity index (χ3v) is 2.51. The molecular weight excluding hydrogens is 194 g/mol. The van der Waals surface area contributed by atoms with Gasteiger partial charge in [0.15, 0.2) is 0 Å². The SMILES string of the molecule is CCNCCN1CCOC(CNC=O)C1. The van der Waals surface area contributed by atoms with Crippen molar-refractivity contribution in [3.63, 3.8) is 0 Å². The van der Waals surface area contributed by atoms with E-state index in [0.29, 0.717) is 6.54 Å². The molecule has 2 N–H and O–H groups in total. The van der Waals surface area contributed by atoms with E-state index in [4.69, 9.17) is 4.74 Å². The van der Waals surface area contributed by atoms with Crippen molar-refractivity contribution in [2.45, 2.75) is 13.0 Å². The summed E-state index contributed by atoms with van der Waals surface area (Å²) >= 11 is 0. The quantitative estimate of drug-likeness (QED) is 0.424. The van der Waals surface area contributed by atoms with Crippen LogP contribution in [-0.4, -0.2) is 63.3 Å². The Morgan fingerprint density at radius 1 is 1.60 bits per heavy atom. The van der Waals surface area contributed by atoms with Gasteiger partial charge in [0, 0.05) is 32.7 Å². The highest BCUT2D eigenvalue weighted by molar-refractivity contribution is 5.45. The van der Waals surface area contributed by atoms with Gasteiger partial charge in [-0.05, 0) is 6.54 Å². The van der Waals surface area contributed by atoms with E-state index in [1.54, 1.807) is 0 Å². The molecule has 1 atom stereocenters. The number of nitrogens with zero attached hydrogens (tertiary/aromatic N) is 1. The molecule has 0 aliphatic carbocycles. The van der Waals surface area contributed by atoms with Crippen LogP contribution in [0.4, 0.5) is 0 Å². The van der Waals surface area contributed by atoms with E-state index in [2.05, 4.69) is 22.5 Å². The van der Waals surface area contributed by atoms with Gasteiger partial charge in [0.2, 0.25) is 6.41 Å². The van der Waals surface area contributed by atoms with E-state index in [9.17, 15) is 4.79 Å². The van der Waals surface area contributed by atoms with Crippen LogP contribution in [0.15, 0.2) is 0 Å². The average Bonchev–Trinajstić information content (AvgIpc) is 2.27. The molecule has 0 aromatic carbocycles. The lowest BCUT2D eigenvalue weighted by Gasteiger charge is -2.32. The molecule has 1 aliphatic heterocycles. The first kappa shape index (κ1) is 12.4. The number of hydrogen-bond acceptors (Lipinski definition) is 4. The van der Waals surface area contributed by atoms with Gasteiger partial charge < -0.3 is 15.4 Å². The van der Waals surface area contributed by atoms with E-state index < -0.39 is 0 Å². The molecule has 0 spiro atoms. The first-order valence-corrected chi connectivity index (χ1v) is 5.58. The second kappa shape index (κ2) is 7.62. The summed E-state index contributed by atoms with van der Waals surface area (Å²) in [5.74, 6) is 0. The van der Waals surface area contributed by atoms with Crippen LogP contribution in [0.5, 0.6) is 0 Å². The van der Waals surface area contributed by atoms with Gasteiger partial charge in [-0.25, -0.2) is 0 Å². The fraction of sp³-hybridized carbons (Fsp3) is 0.900. The van der Waals surface area contributed by atoms with Crippen molar-refractivity contribution in [1.82, 2.24) is 15.5 Å². The molecule has 0 aromatic heterocycles. The summed E-state index contributed by atoms with van der Waals surface area (Å²) in [4.78, 5) is 12.5. The second-order valence-corrected chi connectivity index (χ2v) is 3.67. The molecular formula is C10H21N3O2. The summed E-state index contributed by atoms with van der Waals surface area (Å²) < 4.78 is 5.53. The van der Waals surface area contributed by atoms with Crippen LogP contribution in [-0.2, 0) is 9.53 Å². The Labute approximate surface area is 91.2 Å². The third kappa shape index (κ3) is 5.11. The third-order valence-electron chi connectivity index (χ3n) is 2.51. The minimum atomic E-state index is 0.144. The maximum absolute atomic E-state index is 10.1. The van der Waals surface area contributed by atoms with Crippen LogP contribution in [0.25, 0.3) is 0 Å². The lowest BCUT2D eigenvalue weighted by atomic mass is 10.2. The topological polar surface area (TPSA) is 53.6 Å². The van der Waals surface area contributed by atoms with Crippen LogP contribution < -0.4 is 10.6 Å². The standard InChI is InChI=1S/C10H21N3O2/c1-2-11-3-4-13-5-6-15-10(8-13)7-12-9-14/h9-11H,2-8H2,1H3,(H,12,14). The Morgan fingerprint density at radius 3 is 3.20 bits per heavy atom. The predicted octanol–water partition coefficient (Wildman–Crippen LogP) is -0.957. The van der Waals surface area contributed by atoms with Gasteiger partial charge >= 0.3 is 0 Å². The zero-order valence-electron chi connectivity index (χ0n) is 9.37. The molecule has 0 saturated carbocycles. The van der Waals surface area contributed by atoms with Crippen molar-refractivity contribution in [1.29, 1.82) is 0 Å². The first-order valence-electron chi connectivity index (χ1n) is 5.58. The number of rotatable bonds is 7. The molecule has 15 heavy (non-hydrogen) atoms. The summed E-state index contributed by atoms with van der Waals surface area (Å²) in [6.07, 6.45) is 0.867. The number of morpholine rings is 1. The van der Waals surface area contributed by atoms with Crippen molar-refractivity contribution in [3.8, 4) is 0 Å². The molecule has 0 aromatic rings. The molecule has 1 rings (SSSR count). The number of carbonyl (C=O) groups is 1. The van der Waals surface area contributed by atoms with Crippen LogP contribution in [0.3, 0.4) is 0 Å². The molecule has 1 amide bonds. The van der Waals surface area contributed by atoms with Crippen molar-refractivity contribution in [2.24, 2.45) is 0 Å². The highest BCUT2D eigenvalue weighted by Crippen LogP contribution is 2.03. The first-order chi connectivity index (χ1) is 7.36. The Hall–Kier alpha value is -0.650. The number of ether oxygens (including phenoxy) is 1. The van der Waals surface area contributed by atoms with Gasteiger partial charge in [-0.1, -0.05) is 6.92 Å². The summed E-state index contributed by atoms with van der Waals surface area (Å²) in [6, 6.07) is 0. The van der Waals surface area contributed by atoms with Gasteiger partial charge in [-0.2, -0.15) is 0 Å². The predicted molar refractivity (Wildman–Crippen MR) is 58.8 cm³/mol. The van der Waals surface area contributed by atoms with Gasteiger partial charge in [0.25, 0.3) is 0 Å². The zero-order chi connectivity index (χ0) is 10.9. The zero-order valence-corrected chi connectivity index (χ0v) is 9.37. The fourth-order valence-corrected chi connectivity index (χ4v) is 1.70. The fourth-order valence-electron chi connectivity index (χ4n) is 1.70. The highest BCUT2D eigenvalue weighted by Gasteiger charge is 2.19. The van der Waals surface area contributed by atoms with Crippen molar-refractivity contribution in [2.75, 3.05) is 45.9 Å². The van der Waals surface area contributed by atoms with Crippen molar-refractivity contribution >= 4 is 6.41 Å². The Bertz CT molecular complexity index is 178. The van der Waals surface area contributed by atoms with E-state index >= 15 is 0 Å². The molecule has 1 aliphatic rings. The summed E-state index contributed by atoms with van der Waals surface area (Å²) in [5.41, 5.74) is 0. The number of amides is 1. The maximum atomic E-state index is 10.1. The Morgan fingerprint density at radius 2 is 2.47 bits per heavy atom. The van der Waals surface area contributed by atoms with Crippen LogP contribution in [0.2, 0.25) is 0 Å². The van der Waals surface area contributed by atoms with Crippen LogP contribution in [0.1, 0.15) is 6.92 Å². The summed E-state index contributed by atoms with van der Waals surface area (Å²) in [5, 5.41) is 5.96. The Kier molecular flexibility index (Phi) is 6.31.